The summed E-state index contributed by atoms with van der Waals surface area (Å²) in [5, 5.41) is 0. The van der Waals surface area contributed by atoms with Gasteiger partial charge in [0.25, 0.3) is 0 Å². The summed E-state index contributed by atoms with van der Waals surface area (Å²) in [7, 11) is 2.09. The van der Waals surface area contributed by atoms with Gasteiger partial charge in [0.15, 0.2) is 5.78 Å². The number of carbonyl (C=O) groups excluding carboxylic acids is 2. The Morgan fingerprint density at radius 3 is 2.41 bits per heavy atom. The Hall–Kier alpha value is -1.98. The van der Waals surface area contributed by atoms with Crippen molar-refractivity contribution in [3.05, 3.63) is 56.8 Å². The van der Waals surface area contributed by atoms with Crippen molar-refractivity contribution in [2.24, 2.45) is 5.41 Å². The molecule has 3 rings (SSSR count). The molecule has 0 aliphatic carbocycles. The average molecular weight is 455 g/mol. The summed E-state index contributed by atoms with van der Waals surface area (Å²) < 4.78 is 0. The molecular formula is C27H38N2O2S. The van der Waals surface area contributed by atoms with E-state index >= 15 is 0 Å². The minimum absolute atomic E-state index is 0.159. The van der Waals surface area contributed by atoms with Gasteiger partial charge < -0.3 is 9.80 Å². The average Bonchev–Trinajstić information content (AvgIpc) is 3.19. The molecule has 0 unspecified atom stereocenters. The van der Waals surface area contributed by atoms with Crippen molar-refractivity contribution in [3.8, 4) is 0 Å². The third-order valence-corrected chi connectivity index (χ3v) is 7.62. The third-order valence-electron chi connectivity index (χ3n) is 6.44. The molecule has 1 aliphatic heterocycles. The third kappa shape index (κ3) is 7.01. The largest absolute Gasteiger partial charge is 0.340 e. The summed E-state index contributed by atoms with van der Waals surface area (Å²) in [5.74, 6) is 0.334. The molecule has 1 fully saturated rings. The van der Waals surface area contributed by atoms with Gasteiger partial charge >= 0.3 is 0 Å². The molecule has 0 atom stereocenters. The van der Waals surface area contributed by atoms with E-state index in [9.17, 15) is 9.59 Å². The number of thiophene rings is 1. The van der Waals surface area contributed by atoms with Crippen LogP contribution in [0.1, 0.15) is 64.3 Å². The lowest BCUT2D eigenvalue weighted by atomic mass is 9.83. The SMILES string of the molecule is Cc1ccc(C)c(CCCc2ccc(C(=O)CC(C)(C)CC(=O)N3CCN(C)CC3)s2)c1. The van der Waals surface area contributed by atoms with Gasteiger partial charge in [0.1, 0.15) is 0 Å². The van der Waals surface area contributed by atoms with Gasteiger partial charge in [-0.05, 0) is 68.8 Å². The van der Waals surface area contributed by atoms with Crippen LogP contribution in [-0.4, -0.2) is 54.7 Å². The highest BCUT2D eigenvalue weighted by Gasteiger charge is 2.29. The standard InChI is InChI=1S/C27H38N2O2S/c1-20-9-10-21(2)22(17-20)7-6-8-23-11-12-25(32-23)24(30)18-27(3,4)19-26(31)29-15-13-28(5)14-16-29/h9-12,17H,6-8,13-16,18-19H2,1-5H3. The van der Waals surface area contributed by atoms with E-state index in [4.69, 9.17) is 0 Å². The molecule has 0 saturated carbocycles. The fourth-order valence-corrected chi connectivity index (χ4v) is 5.33. The Labute approximate surface area is 197 Å². The maximum absolute atomic E-state index is 12.9. The minimum Gasteiger partial charge on any atom is -0.340 e. The number of aryl methyl sites for hydroxylation is 4. The van der Waals surface area contributed by atoms with Crippen LogP contribution in [0.15, 0.2) is 30.3 Å². The normalized spacial score (nSPS) is 15.2. The second kappa shape index (κ2) is 10.8. The van der Waals surface area contributed by atoms with E-state index in [1.54, 1.807) is 11.3 Å². The molecule has 0 bridgehead atoms. The first-order chi connectivity index (χ1) is 15.1. The summed E-state index contributed by atoms with van der Waals surface area (Å²) in [4.78, 5) is 31.9. The second-order valence-electron chi connectivity index (χ2n) is 10.2. The van der Waals surface area contributed by atoms with Crippen molar-refractivity contribution in [2.45, 2.75) is 59.8 Å². The molecule has 1 aromatic heterocycles. The van der Waals surface area contributed by atoms with E-state index in [1.807, 2.05) is 24.8 Å². The number of likely N-dealkylation sites (N-methyl/N-ethyl adjacent to an activating group) is 1. The number of amides is 1. The number of hydrogen-bond donors (Lipinski definition) is 0. The van der Waals surface area contributed by atoms with Crippen LogP contribution in [0.5, 0.6) is 0 Å². The van der Waals surface area contributed by atoms with Crippen molar-refractivity contribution < 1.29 is 9.59 Å². The smallest absolute Gasteiger partial charge is 0.223 e. The molecule has 1 aromatic carbocycles. The van der Waals surface area contributed by atoms with Crippen LogP contribution in [0.25, 0.3) is 0 Å². The topological polar surface area (TPSA) is 40.6 Å². The number of nitrogens with zero attached hydrogens (tertiary/aromatic N) is 2. The molecule has 174 valence electrons. The molecule has 1 saturated heterocycles. The number of piperazine rings is 1. The molecule has 32 heavy (non-hydrogen) atoms. The summed E-state index contributed by atoms with van der Waals surface area (Å²) in [6.07, 6.45) is 3.99. The quantitative estimate of drug-likeness (QED) is 0.483. The van der Waals surface area contributed by atoms with E-state index in [1.165, 1.54) is 21.6 Å². The van der Waals surface area contributed by atoms with Crippen LogP contribution in [-0.2, 0) is 17.6 Å². The number of Topliss-reactive ketones (excluding diaryl/α,β-unsaturated/α-hetero) is 1. The van der Waals surface area contributed by atoms with E-state index < -0.39 is 0 Å². The van der Waals surface area contributed by atoms with Gasteiger partial charge in [-0.15, -0.1) is 11.3 Å². The number of carbonyl (C=O) groups is 2. The van der Waals surface area contributed by atoms with E-state index in [-0.39, 0.29) is 17.1 Å². The van der Waals surface area contributed by atoms with Crippen LogP contribution in [0.2, 0.25) is 0 Å². The van der Waals surface area contributed by atoms with Crippen LogP contribution < -0.4 is 0 Å². The van der Waals surface area contributed by atoms with Crippen molar-refractivity contribution in [3.63, 3.8) is 0 Å². The monoisotopic (exact) mass is 454 g/mol. The van der Waals surface area contributed by atoms with Crippen LogP contribution in [0.3, 0.4) is 0 Å². The lowest BCUT2D eigenvalue weighted by Gasteiger charge is -2.34. The molecule has 1 amide bonds. The second-order valence-corrected chi connectivity index (χ2v) is 11.3. The summed E-state index contributed by atoms with van der Waals surface area (Å²) in [6.45, 7) is 11.8. The van der Waals surface area contributed by atoms with Crippen molar-refractivity contribution in [2.75, 3.05) is 33.2 Å². The number of hydrogen-bond acceptors (Lipinski definition) is 4. The van der Waals surface area contributed by atoms with Gasteiger partial charge in [-0.1, -0.05) is 37.6 Å². The Bertz CT molecular complexity index is 939. The first-order valence-electron chi connectivity index (χ1n) is 11.8. The Kier molecular flexibility index (Phi) is 8.29. The molecule has 0 N–H and O–H groups in total. The Morgan fingerprint density at radius 1 is 0.969 bits per heavy atom. The highest BCUT2D eigenvalue weighted by atomic mass is 32.1. The van der Waals surface area contributed by atoms with Gasteiger partial charge in [-0.2, -0.15) is 0 Å². The molecule has 4 nitrogen and oxygen atoms in total. The van der Waals surface area contributed by atoms with E-state index in [2.05, 4.69) is 50.1 Å². The first-order valence-corrected chi connectivity index (χ1v) is 12.6. The molecule has 2 aromatic rings. The van der Waals surface area contributed by atoms with Gasteiger partial charge in [0, 0.05) is 43.9 Å². The molecule has 2 heterocycles. The Morgan fingerprint density at radius 2 is 1.69 bits per heavy atom. The zero-order valence-corrected chi connectivity index (χ0v) is 21.2. The Balaban J connectivity index is 1.48. The van der Waals surface area contributed by atoms with Gasteiger partial charge in [0.2, 0.25) is 5.91 Å². The van der Waals surface area contributed by atoms with Gasteiger partial charge in [-0.3, -0.25) is 9.59 Å². The van der Waals surface area contributed by atoms with Crippen LogP contribution in [0, 0.1) is 19.3 Å². The molecule has 5 heteroatoms. The summed E-state index contributed by atoms with van der Waals surface area (Å²) >= 11 is 1.62. The van der Waals surface area contributed by atoms with Crippen molar-refractivity contribution in [1.82, 2.24) is 9.80 Å². The summed E-state index contributed by atoms with van der Waals surface area (Å²) in [5.41, 5.74) is 3.75. The lowest BCUT2D eigenvalue weighted by molar-refractivity contribution is -0.134. The van der Waals surface area contributed by atoms with Crippen molar-refractivity contribution in [1.29, 1.82) is 0 Å². The minimum atomic E-state index is -0.329. The van der Waals surface area contributed by atoms with Crippen LogP contribution in [0.4, 0.5) is 0 Å². The number of benzene rings is 1. The predicted molar refractivity (Wildman–Crippen MR) is 134 cm³/mol. The van der Waals surface area contributed by atoms with Gasteiger partial charge in [-0.25, -0.2) is 0 Å². The molecule has 0 radical (unpaired) electrons. The van der Waals surface area contributed by atoms with Gasteiger partial charge in [0.05, 0.1) is 4.88 Å². The predicted octanol–water partition coefficient (Wildman–Crippen LogP) is 5.30. The fraction of sp³-hybridized carbons (Fsp3) is 0.556. The summed E-state index contributed by atoms with van der Waals surface area (Å²) in [6, 6.07) is 10.7. The number of rotatable bonds is 9. The van der Waals surface area contributed by atoms with E-state index in [0.717, 1.165) is 50.3 Å². The zero-order chi connectivity index (χ0) is 23.3. The molecule has 0 spiro atoms. The maximum Gasteiger partial charge on any atom is 0.223 e. The van der Waals surface area contributed by atoms with Crippen molar-refractivity contribution >= 4 is 23.0 Å². The number of ketones is 1. The fourth-order valence-electron chi connectivity index (χ4n) is 4.35. The van der Waals surface area contributed by atoms with Crippen LogP contribution >= 0.6 is 11.3 Å². The highest BCUT2D eigenvalue weighted by molar-refractivity contribution is 7.14. The molecule has 1 aliphatic rings. The highest BCUT2D eigenvalue weighted by Crippen LogP contribution is 2.30. The first kappa shape index (κ1) is 24.7. The zero-order valence-electron chi connectivity index (χ0n) is 20.4. The molecular weight excluding hydrogens is 416 g/mol. The maximum atomic E-state index is 12.9. The van der Waals surface area contributed by atoms with E-state index in [0.29, 0.717) is 12.8 Å². The lowest BCUT2D eigenvalue weighted by Crippen LogP contribution is -2.48.